The lowest BCUT2D eigenvalue weighted by Crippen LogP contribution is -2.45. The van der Waals surface area contributed by atoms with E-state index in [1.807, 2.05) is 18.4 Å². The van der Waals surface area contributed by atoms with Crippen LogP contribution in [0.25, 0.3) is 0 Å². The van der Waals surface area contributed by atoms with Crippen LogP contribution in [0, 0.1) is 18.7 Å². The van der Waals surface area contributed by atoms with Crippen LogP contribution >= 0.6 is 11.3 Å². The monoisotopic (exact) mass is 410 g/mol. The molecule has 8 heteroatoms. The van der Waals surface area contributed by atoms with Gasteiger partial charge in [-0.2, -0.15) is 4.31 Å². The number of nitrogens with zero attached hydrogens (tertiary/aromatic N) is 2. The first-order valence-electron chi connectivity index (χ1n) is 8.82. The maximum absolute atomic E-state index is 13.1. The molecular weight excluding hydrogens is 387 g/mol. The summed E-state index contributed by atoms with van der Waals surface area (Å²) in [6.45, 7) is 3.08. The highest BCUT2D eigenvalue weighted by atomic mass is 32.2. The quantitative estimate of drug-likeness (QED) is 0.760. The van der Waals surface area contributed by atoms with Crippen LogP contribution in [-0.2, 0) is 21.4 Å². The molecule has 1 aliphatic rings. The van der Waals surface area contributed by atoms with Gasteiger partial charge in [-0.1, -0.05) is 0 Å². The molecule has 0 N–H and O–H groups in total. The summed E-state index contributed by atoms with van der Waals surface area (Å²) in [5.41, 5.74) is 1.16. The Labute approximate surface area is 163 Å². The summed E-state index contributed by atoms with van der Waals surface area (Å²) in [4.78, 5) is 15.7. The van der Waals surface area contributed by atoms with Gasteiger partial charge < -0.3 is 4.90 Å². The summed E-state index contributed by atoms with van der Waals surface area (Å²) < 4.78 is 40.1. The molecule has 1 saturated heterocycles. The Morgan fingerprint density at radius 3 is 2.63 bits per heavy atom. The second-order valence-electron chi connectivity index (χ2n) is 6.88. The van der Waals surface area contributed by atoms with Crippen LogP contribution in [0.2, 0.25) is 0 Å². The van der Waals surface area contributed by atoms with Crippen LogP contribution in [0.15, 0.2) is 40.6 Å². The summed E-state index contributed by atoms with van der Waals surface area (Å²) in [7, 11) is -1.97. The van der Waals surface area contributed by atoms with Gasteiger partial charge in [-0.3, -0.25) is 4.79 Å². The van der Waals surface area contributed by atoms with Crippen molar-refractivity contribution in [1.29, 1.82) is 0 Å². The third kappa shape index (κ3) is 4.39. The lowest BCUT2D eigenvalue weighted by atomic mass is 9.98. The van der Waals surface area contributed by atoms with Crippen molar-refractivity contribution in [1.82, 2.24) is 9.21 Å². The van der Waals surface area contributed by atoms with Gasteiger partial charge in [0.05, 0.1) is 17.4 Å². The van der Waals surface area contributed by atoms with Gasteiger partial charge in [0, 0.05) is 25.0 Å². The zero-order chi connectivity index (χ0) is 19.6. The first-order chi connectivity index (χ1) is 12.8. The molecule has 0 spiro atoms. The number of sulfonamides is 1. The second kappa shape index (κ2) is 8.08. The molecule has 0 radical (unpaired) electrons. The number of halogens is 1. The number of hydrogen-bond donors (Lipinski definition) is 0. The summed E-state index contributed by atoms with van der Waals surface area (Å²) in [5.74, 6) is -0.882. The first-order valence-corrected chi connectivity index (χ1v) is 11.1. The van der Waals surface area contributed by atoms with E-state index in [1.165, 1.54) is 16.4 Å². The smallest absolute Gasteiger partial charge is 0.243 e. The normalized spacial score (nSPS) is 18.4. The summed E-state index contributed by atoms with van der Waals surface area (Å²) >= 11 is 1.61. The fourth-order valence-electron chi connectivity index (χ4n) is 3.29. The highest BCUT2D eigenvalue weighted by molar-refractivity contribution is 7.89. The molecular formula is C19H23FN2O3S2. The van der Waals surface area contributed by atoms with E-state index >= 15 is 0 Å². The number of thiophene rings is 1. The van der Waals surface area contributed by atoms with Gasteiger partial charge in [0.1, 0.15) is 5.82 Å². The fraction of sp³-hybridized carbons (Fsp3) is 0.421. The number of aryl methyl sites for hydroxylation is 1. The molecule has 1 aromatic carbocycles. The van der Waals surface area contributed by atoms with E-state index in [4.69, 9.17) is 0 Å². The molecule has 2 heterocycles. The first kappa shape index (κ1) is 20.0. The fourth-order valence-corrected chi connectivity index (χ4v) is 5.77. The zero-order valence-electron chi connectivity index (χ0n) is 15.4. The topological polar surface area (TPSA) is 57.7 Å². The number of amides is 1. The molecule has 1 atom stereocenters. The Morgan fingerprint density at radius 1 is 1.30 bits per heavy atom. The van der Waals surface area contributed by atoms with Crippen LogP contribution < -0.4 is 0 Å². The van der Waals surface area contributed by atoms with Crippen molar-refractivity contribution in [2.45, 2.75) is 31.2 Å². The Balaban J connectivity index is 1.70. The highest BCUT2D eigenvalue weighted by Gasteiger charge is 2.34. The minimum Gasteiger partial charge on any atom is -0.340 e. The van der Waals surface area contributed by atoms with Gasteiger partial charge in [-0.15, -0.1) is 11.3 Å². The van der Waals surface area contributed by atoms with E-state index in [0.717, 1.165) is 22.6 Å². The predicted octanol–water partition coefficient (Wildman–Crippen LogP) is 3.25. The number of rotatable bonds is 5. The highest BCUT2D eigenvalue weighted by Crippen LogP contribution is 2.26. The van der Waals surface area contributed by atoms with Crippen molar-refractivity contribution >= 4 is 27.3 Å². The van der Waals surface area contributed by atoms with Gasteiger partial charge in [0.25, 0.3) is 0 Å². The minimum absolute atomic E-state index is 0.0400. The maximum Gasteiger partial charge on any atom is 0.243 e. The SMILES string of the molecule is Cc1ccsc1CN(C)C(=O)[C@H]1CCCN(S(=O)(=O)c2ccc(F)cc2)C1. The van der Waals surface area contributed by atoms with E-state index < -0.39 is 15.8 Å². The summed E-state index contributed by atoms with van der Waals surface area (Å²) in [6, 6.07) is 6.83. The lowest BCUT2D eigenvalue weighted by molar-refractivity contribution is -0.135. The van der Waals surface area contributed by atoms with E-state index in [-0.39, 0.29) is 23.3 Å². The van der Waals surface area contributed by atoms with Gasteiger partial charge >= 0.3 is 0 Å². The Kier molecular flexibility index (Phi) is 5.98. The van der Waals surface area contributed by atoms with Crippen LogP contribution in [0.3, 0.4) is 0 Å². The summed E-state index contributed by atoms with van der Waals surface area (Å²) in [5, 5.41) is 2.00. The number of benzene rings is 1. The zero-order valence-corrected chi connectivity index (χ0v) is 17.0. The Hall–Kier alpha value is -1.77. The van der Waals surface area contributed by atoms with Crippen LogP contribution in [-0.4, -0.2) is 43.7 Å². The minimum atomic E-state index is -3.73. The largest absolute Gasteiger partial charge is 0.340 e. The molecule has 1 fully saturated rings. The van der Waals surface area contributed by atoms with Gasteiger partial charge in [-0.05, 0) is 61.0 Å². The third-order valence-electron chi connectivity index (χ3n) is 4.91. The molecule has 1 amide bonds. The van der Waals surface area contributed by atoms with Crippen molar-refractivity contribution in [2.75, 3.05) is 20.1 Å². The average Bonchev–Trinajstić information content (AvgIpc) is 3.06. The molecule has 3 rings (SSSR count). The molecule has 0 saturated carbocycles. The lowest BCUT2D eigenvalue weighted by Gasteiger charge is -2.33. The average molecular weight is 411 g/mol. The molecule has 5 nitrogen and oxygen atoms in total. The van der Waals surface area contributed by atoms with Crippen LogP contribution in [0.5, 0.6) is 0 Å². The molecule has 0 unspecified atom stereocenters. The Morgan fingerprint density at radius 2 is 2.00 bits per heavy atom. The van der Waals surface area contributed by atoms with Crippen LogP contribution in [0.1, 0.15) is 23.3 Å². The molecule has 1 aliphatic heterocycles. The Bertz CT molecular complexity index is 909. The molecule has 2 aromatic rings. The third-order valence-corrected chi connectivity index (χ3v) is 7.80. The standard InChI is InChI=1S/C19H23FN2O3S2/c1-14-9-11-26-18(14)13-21(2)19(23)15-4-3-10-22(12-15)27(24,25)17-7-5-16(20)6-8-17/h5-9,11,15H,3-4,10,12-13H2,1-2H3/t15-/m0/s1. The molecule has 0 aliphatic carbocycles. The molecule has 146 valence electrons. The van der Waals surface area contributed by atoms with Gasteiger partial charge in [-0.25, -0.2) is 12.8 Å². The van der Waals surface area contributed by atoms with Crippen LogP contribution in [0.4, 0.5) is 4.39 Å². The number of carbonyl (C=O) groups excluding carboxylic acids is 1. The second-order valence-corrected chi connectivity index (χ2v) is 9.82. The number of hydrogen-bond acceptors (Lipinski definition) is 4. The number of piperidine rings is 1. The van der Waals surface area contributed by atoms with Gasteiger partial charge in [0.15, 0.2) is 0 Å². The van der Waals surface area contributed by atoms with E-state index in [9.17, 15) is 17.6 Å². The van der Waals surface area contributed by atoms with Crippen molar-refractivity contribution in [3.8, 4) is 0 Å². The van der Waals surface area contributed by atoms with Crippen molar-refractivity contribution < 1.29 is 17.6 Å². The van der Waals surface area contributed by atoms with Crippen molar-refractivity contribution in [3.63, 3.8) is 0 Å². The van der Waals surface area contributed by atoms with E-state index in [1.54, 1.807) is 23.3 Å². The predicted molar refractivity (Wildman–Crippen MR) is 103 cm³/mol. The van der Waals surface area contributed by atoms with E-state index in [2.05, 4.69) is 0 Å². The van der Waals surface area contributed by atoms with E-state index in [0.29, 0.717) is 25.9 Å². The van der Waals surface area contributed by atoms with Crippen molar-refractivity contribution in [2.24, 2.45) is 5.92 Å². The molecule has 1 aromatic heterocycles. The maximum atomic E-state index is 13.1. The summed E-state index contributed by atoms with van der Waals surface area (Å²) in [6.07, 6.45) is 1.30. The number of carbonyl (C=O) groups is 1. The molecule has 27 heavy (non-hydrogen) atoms. The van der Waals surface area contributed by atoms with Gasteiger partial charge in [0.2, 0.25) is 15.9 Å². The molecule has 0 bridgehead atoms. The van der Waals surface area contributed by atoms with Crippen molar-refractivity contribution in [3.05, 3.63) is 52.0 Å².